The van der Waals surface area contributed by atoms with Gasteiger partial charge in [0.2, 0.25) is 5.91 Å². The van der Waals surface area contributed by atoms with Crippen LogP contribution in [0.5, 0.6) is 0 Å². The van der Waals surface area contributed by atoms with Crippen molar-refractivity contribution in [3.63, 3.8) is 0 Å². The van der Waals surface area contributed by atoms with Gasteiger partial charge in [-0.2, -0.15) is 0 Å². The van der Waals surface area contributed by atoms with Gasteiger partial charge in [-0.1, -0.05) is 206 Å². The van der Waals surface area contributed by atoms with Crippen molar-refractivity contribution in [3.8, 4) is 0 Å². The van der Waals surface area contributed by atoms with Crippen LogP contribution >= 0.6 is 0 Å². The van der Waals surface area contributed by atoms with E-state index in [0.29, 0.717) is 6.54 Å². The Labute approximate surface area is 284 Å². The lowest BCUT2D eigenvalue weighted by Crippen LogP contribution is -2.50. The van der Waals surface area contributed by atoms with Gasteiger partial charge in [0.15, 0.2) is 0 Å². The minimum absolute atomic E-state index is 0.122. The average Bonchev–Trinajstić information content (AvgIpc) is 3.04. The van der Waals surface area contributed by atoms with Gasteiger partial charge in [-0.05, 0) is 19.9 Å². The summed E-state index contributed by atoms with van der Waals surface area (Å²) < 4.78 is 12.6. The highest BCUT2D eigenvalue weighted by molar-refractivity contribution is 4.64. The van der Waals surface area contributed by atoms with Crippen molar-refractivity contribution in [2.75, 3.05) is 33.4 Å². The Morgan fingerprint density at radius 2 is 0.622 bits per heavy atom. The fourth-order valence-electron chi connectivity index (χ4n) is 6.44. The Morgan fingerprint density at radius 1 is 0.400 bits per heavy atom. The second-order valence-electron chi connectivity index (χ2n) is 14.3. The standard InChI is InChI=1S/C41H85NO3/c1-5-7-9-11-13-15-17-19-21-23-25-27-29-31-33-35-39-44-41(3,42(4)37-38-43)45-40-36-34-32-30-28-26-24-22-20-18-16-14-12-10-8-6-2/h43H,5-40H2,1-4H3. The number of unbranched alkanes of at least 4 members (excludes halogenated alkanes) is 30. The summed E-state index contributed by atoms with van der Waals surface area (Å²) >= 11 is 0. The molecule has 1 N–H and O–H groups in total. The average molecular weight is 640 g/mol. The molecule has 0 saturated heterocycles. The van der Waals surface area contributed by atoms with Crippen molar-refractivity contribution in [2.24, 2.45) is 0 Å². The van der Waals surface area contributed by atoms with Crippen LogP contribution < -0.4 is 0 Å². The van der Waals surface area contributed by atoms with Crippen LogP contribution in [0.15, 0.2) is 0 Å². The van der Waals surface area contributed by atoms with Crippen molar-refractivity contribution in [2.45, 2.75) is 232 Å². The van der Waals surface area contributed by atoms with Gasteiger partial charge in [0.1, 0.15) is 0 Å². The number of nitrogens with zero attached hydrogens (tertiary/aromatic N) is 1. The first kappa shape index (κ1) is 44.8. The van der Waals surface area contributed by atoms with Gasteiger partial charge in [-0.15, -0.1) is 0 Å². The summed E-state index contributed by atoms with van der Waals surface area (Å²) in [4.78, 5) is 2.02. The minimum Gasteiger partial charge on any atom is -0.395 e. The zero-order chi connectivity index (χ0) is 32.9. The van der Waals surface area contributed by atoms with Crippen LogP contribution in [-0.4, -0.2) is 49.3 Å². The van der Waals surface area contributed by atoms with Crippen LogP contribution in [0.1, 0.15) is 226 Å². The Kier molecular flexibility index (Phi) is 36.5. The third-order valence-corrected chi connectivity index (χ3v) is 9.86. The zero-order valence-corrected chi connectivity index (χ0v) is 31.7. The molecule has 0 heterocycles. The number of ether oxygens (including phenoxy) is 2. The third kappa shape index (κ3) is 32.2. The molecule has 0 amide bonds. The van der Waals surface area contributed by atoms with Gasteiger partial charge in [0.05, 0.1) is 19.8 Å². The Bertz CT molecular complexity index is 505. The molecule has 45 heavy (non-hydrogen) atoms. The van der Waals surface area contributed by atoms with E-state index in [4.69, 9.17) is 9.47 Å². The van der Waals surface area contributed by atoms with E-state index in [1.54, 1.807) is 0 Å². The summed E-state index contributed by atoms with van der Waals surface area (Å²) in [5.41, 5.74) is 0. The topological polar surface area (TPSA) is 41.9 Å². The number of rotatable bonds is 39. The summed E-state index contributed by atoms with van der Waals surface area (Å²) in [5.74, 6) is -0.742. The van der Waals surface area contributed by atoms with Crippen LogP contribution in [0.2, 0.25) is 0 Å². The molecule has 0 radical (unpaired) electrons. The normalized spacial score (nSPS) is 12.1. The van der Waals surface area contributed by atoms with Gasteiger partial charge < -0.3 is 14.6 Å². The number of aliphatic hydroxyl groups is 1. The largest absolute Gasteiger partial charge is 0.395 e. The Balaban J connectivity index is 3.69. The molecule has 0 aromatic carbocycles. The SMILES string of the molecule is CCCCCCCCCCCCCCCCCCOC(C)(OCCCCCCCCCCCCCCCCCC)N(C)CCO. The molecule has 0 aliphatic rings. The first-order valence-corrected chi connectivity index (χ1v) is 20.7. The number of aliphatic hydroxyl groups excluding tert-OH is 1. The molecule has 0 bridgehead atoms. The molecule has 272 valence electrons. The lowest BCUT2D eigenvalue weighted by molar-refractivity contribution is -0.303. The highest BCUT2D eigenvalue weighted by Crippen LogP contribution is 2.20. The van der Waals surface area contributed by atoms with Gasteiger partial charge >= 0.3 is 0 Å². The van der Waals surface area contributed by atoms with Crippen molar-refractivity contribution in [1.29, 1.82) is 0 Å². The smallest absolute Gasteiger partial charge is 0.226 e. The fraction of sp³-hybridized carbons (Fsp3) is 1.00. The maximum atomic E-state index is 9.49. The molecule has 0 aliphatic heterocycles. The molecule has 4 heteroatoms. The maximum absolute atomic E-state index is 9.49. The van der Waals surface area contributed by atoms with Crippen molar-refractivity contribution in [1.82, 2.24) is 4.90 Å². The molecular formula is C41H85NO3. The quantitative estimate of drug-likeness (QED) is 0.0537. The molecule has 0 aliphatic carbocycles. The zero-order valence-electron chi connectivity index (χ0n) is 31.7. The molecule has 0 atom stereocenters. The highest BCUT2D eigenvalue weighted by atomic mass is 16.7. The van der Waals surface area contributed by atoms with Gasteiger partial charge in [0, 0.05) is 13.5 Å². The van der Waals surface area contributed by atoms with Gasteiger partial charge in [0.25, 0.3) is 0 Å². The minimum atomic E-state index is -0.742. The van der Waals surface area contributed by atoms with E-state index in [0.717, 1.165) is 26.1 Å². The van der Waals surface area contributed by atoms with Gasteiger partial charge in [-0.3, -0.25) is 4.90 Å². The first-order valence-electron chi connectivity index (χ1n) is 20.7. The molecule has 0 unspecified atom stereocenters. The molecular weight excluding hydrogens is 554 g/mol. The molecule has 0 aromatic heterocycles. The summed E-state index contributed by atoms with van der Waals surface area (Å²) in [6.45, 7) is 8.76. The second-order valence-corrected chi connectivity index (χ2v) is 14.3. The third-order valence-electron chi connectivity index (χ3n) is 9.86. The van der Waals surface area contributed by atoms with Crippen molar-refractivity contribution < 1.29 is 14.6 Å². The van der Waals surface area contributed by atoms with E-state index in [2.05, 4.69) is 13.8 Å². The van der Waals surface area contributed by atoms with Crippen LogP contribution in [-0.2, 0) is 9.47 Å². The molecule has 0 aromatic rings. The predicted molar refractivity (Wildman–Crippen MR) is 199 cm³/mol. The van der Waals surface area contributed by atoms with Crippen LogP contribution in [0.3, 0.4) is 0 Å². The first-order chi connectivity index (χ1) is 22.1. The van der Waals surface area contributed by atoms with Crippen LogP contribution in [0, 0.1) is 0 Å². The monoisotopic (exact) mass is 640 g/mol. The molecule has 0 rings (SSSR count). The van der Waals surface area contributed by atoms with Crippen LogP contribution in [0.4, 0.5) is 0 Å². The van der Waals surface area contributed by atoms with E-state index in [9.17, 15) is 5.11 Å². The van der Waals surface area contributed by atoms with E-state index in [1.165, 1.54) is 193 Å². The summed E-state index contributed by atoms with van der Waals surface area (Å²) in [6.07, 6.45) is 44.2. The summed E-state index contributed by atoms with van der Waals surface area (Å²) in [7, 11) is 2.00. The highest BCUT2D eigenvalue weighted by Gasteiger charge is 2.30. The fourth-order valence-corrected chi connectivity index (χ4v) is 6.44. The lowest BCUT2D eigenvalue weighted by atomic mass is 10.0. The maximum Gasteiger partial charge on any atom is 0.226 e. The Morgan fingerprint density at radius 3 is 0.844 bits per heavy atom. The van der Waals surface area contributed by atoms with E-state index < -0.39 is 5.91 Å². The number of hydrogen-bond acceptors (Lipinski definition) is 4. The van der Waals surface area contributed by atoms with Gasteiger partial charge in [-0.25, -0.2) is 0 Å². The van der Waals surface area contributed by atoms with Crippen molar-refractivity contribution in [3.05, 3.63) is 0 Å². The molecule has 0 fully saturated rings. The second kappa shape index (κ2) is 36.7. The van der Waals surface area contributed by atoms with E-state index in [1.807, 2.05) is 18.9 Å². The number of likely N-dealkylation sites (N-methyl/N-ethyl adjacent to an activating group) is 1. The van der Waals surface area contributed by atoms with E-state index in [-0.39, 0.29) is 6.61 Å². The lowest BCUT2D eigenvalue weighted by Gasteiger charge is -2.38. The summed E-state index contributed by atoms with van der Waals surface area (Å²) in [5, 5.41) is 9.49. The molecule has 0 saturated carbocycles. The van der Waals surface area contributed by atoms with E-state index >= 15 is 0 Å². The Hall–Kier alpha value is -0.160. The van der Waals surface area contributed by atoms with Crippen molar-refractivity contribution >= 4 is 0 Å². The predicted octanol–water partition coefficient (Wildman–Crippen LogP) is 13.1. The summed E-state index contributed by atoms with van der Waals surface area (Å²) in [6, 6.07) is 0. The molecule has 0 spiro atoms. The number of hydrogen-bond donors (Lipinski definition) is 1. The molecule has 4 nitrogen and oxygen atoms in total. The van der Waals surface area contributed by atoms with Crippen LogP contribution in [0.25, 0.3) is 0 Å².